The monoisotopic (exact) mass is 1050 g/mol. The molecule has 0 aromatic rings. The Morgan fingerprint density at radius 1 is 0.257 bits per heavy atom. The molecule has 0 unspecified atom stereocenters. The molecule has 6 heteroatoms. The molecule has 0 aliphatic heterocycles. The van der Waals surface area contributed by atoms with Crippen molar-refractivity contribution in [2.45, 2.75) is 394 Å². The molecule has 0 rings (SSSR count). The van der Waals surface area contributed by atoms with Crippen LogP contribution >= 0.6 is 0 Å². The van der Waals surface area contributed by atoms with Crippen LogP contribution in [0.5, 0.6) is 0 Å². The van der Waals surface area contributed by atoms with E-state index < -0.39 is 6.10 Å². The van der Waals surface area contributed by atoms with Gasteiger partial charge in [0, 0.05) is 19.3 Å². The number of ether oxygens (including phenoxy) is 3. The van der Waals surface area contributed by atoms with Crippen molar-refractivity contribution in [1.82, 2.24) is 0 Å². The normalized spacial score (nSPS) is 12.0. The quantitative estimate of drug-likeness (QED) is 0.0343. The molecule has 0 saturated heterocycles. The Morgan fingerprint density at radius 3 is 0.662 bits per heavy atom. The minimum absolute atomic E-state index is 0.0615. The second-order valence-electron chi connectivity index (χ2n) is 24.4. The van der Waals surface area contributed by atoms with Gasteiger partial charge in [0.1, 0.15) is 13.2 Å². The zero-order valence-electron chi connectivity index (χ0n) is 51.0. The first kappa shape index (κ1) is 72.4. The highest BCUT2D eigenvalue weighted by Gasteiger charge is 2.19. The summed E-state index contributed by atoms with van der Waals surface area (Å²) < 4.78 is 17.0. The highest BCUT2D eigenvalue weighted by molar-refractivity contribution is 5.71. The number of esters is 3. The number of unbranched alkanes of at least 4 members (excludes halogenated alkanes) is 47. The lowest BCUT2D eigenvalue weighted by Crippen LogP contribution is -2.30. The van der Waals surface area contributed by atoms with Gasteiger partial charge in [-0.25, -0.2) is 0 Å². The maximum absolute atomic E-state index is 12.9. The Labute approximate surface area is 463 Å². The molecule has 6 nitrogen and oxygen atoms in total. The molecule has 0 amide bonds. The number of carbonyl (C=O) groups is 3. The lowest BCUT2D eigenvalue weighted by Gasteiger charge is -2.18. The molecule has 440 valence electrons. The second kappa shape index (κ2) is 60.6. The van der Waals surface area contributed by atoms with E-state index in [0.29, 0.717) is 19.3 Å². The molecule has 74 heavy (non-hydrogen) atoms. The molecule has 0 bridgehead atoms. The van der Waals surface area contributed by atoms with E-state index in [9.17, 15) is 14.4 Å². The van der Waals surface area contributed by atoms with Crippen molar-refractivity contribution in [2.75, 3.05) is 13.2 Å². The summed E-state index contributed by atoms with van der Waals surface area (Å²) in [5.41, 5.74) is 0. The third-order valence-electron chi connectivity index (χ3n) is 15.7. The SMILES string of the molecule is CCCCCCCCCCCCCCCCCCCCCC(=O)OC[C@@H](COC(=O)CCCCCCCCCCCCCCCC(C)C)OC(=O)CCCCCCCCCCCCCCCCCCCCC(C)C. The molecule has 0 N–H and O–H groups in total. The largest absolute Gasteiger partial charge is 0.462 e. The minimum atomic E-state index is -0.764. The van der Waals surface area contributed by atoms with E-state index in [-0.39, 0.29) is 31.1 Å². The third-order valence-corrected chi connectivity index (χ3v) is 15.7. The number of hydrogen-bond acceptors (Lipinski definition) is 6. The van der Waals surface area contributed by atoms with Crippen LogP contribution in [0.1, 0.15) is 388 Å². The molecule has 0 saturated carbocycles. The average molecular weight is 1050 g/mol. The fraction of sp³-hybridized carbons (Fsp3) is 0.956. The molecule has 0 spiro atoms. The summed E-state index contributed by atoms with van der Waals surface area (Å²) in [6.07, 6.45) is 68.3. The van der Waals surface area contributed by atoms with E-state index in [4.69, 9.17) is 14.2 Å². The summed E-state index contributed by atoms with van der Waals surface area (Å²) in [5.74, 6) is 0.870. The van der Waals surface area contributed by atoms with Gasteiger partial charge in [0.2, 0.25) is 0 Å². The van der Waals surface area contributed by atoms with Crippen LogP contribution in [0, 0.1) is 11.8 Å². The van der Waals surface area contributed by atoms with Crippen LogP contribution in [-0.2, 0) is 28.6 Å². The van der Waals surface area contributed by atoms with Gasteiger partial charge < -0.3 is 14.2 Å². The summed E-state index contributed by atoms with van der Waals surface area (Å²) in [6.45, 7) is 11.5. The molecule has 0 aromatic heterocycles. The summed E-state index contributed by atoms with van der Waals surface area (Å²) in [4.78, 5) is 38.4. The van der Waals surface area contributed by atoms with Gasteiger partial charge in [-0.05, 0) is 31.1 Å². The standard InChI is InChI=1S/C68H132O6/c1-6-7-8-9-10-11-12-13-14-15-16-20-23-28-33-38-43-48-53-58-66(69)72-61-65(62-73-67(70)59-54-49-44-39-34-30-25-27-32-37-42-47-52-57-64(4)5)74-68(71)60-55-50-45-40-35-29-24-21-18-17-19-22-26-31-36-41-46-51-56-63(2)3/h63-65H,6-62H2,1-5H3/t65-/m0/s1. The van der Waals surface area contributed by atoms with Crippen molar-refractivity contribution in [1.29, 1.82) is 0 Å². The predicted octanol–water partition coefficient (Wildman–Crippen LogP) is 22.8. The summed E-state index contributed by atoms with van der Waals surface area (Å²) in [6, 6.07) is 0. The molecule has 0 aliphatic carbocycles. The van der Waals surface area contributed by atoms with Crippen molar-refractivity contribution in [3.63, 3.8) is 0 Å². The van der Waals surface area contributed by atoms with Crippen molar-refractivity contribution >= 4 is 17.9 Å². The lowest BCUT2D eigenvalue weighted by atomic mass is 10.0. The Hall–Kier alpha value is -1.59. The fourth-order valence-corrected chi connectivity index (χ4v) is 10.6. The van der Waals surface area contributed by atoms with Gasteiger partial charge in [-0.2, -0.15) is 0 Å². The summed E-state index contributed by atoms with van der Waals surface area (Å²) in [5, 5.41) is 0. The van der Waals surface area contributed by atoms with Crippen molar-refractivity contribution < 1.29 is 28.6 Å². The number of rotatable bonds is 62. The molecule has 0 aromatic carbocycles. The van der Waals surface area contributed by atoms with Gasteiger partial charge in [0.25, 0.3) is 0 Å². The van der Waals surface area contributed by atoms with E-state index in [1.807, 2.05) is 0 Å². The van der Waals surface area contributed by atoms with Crippen molar-refractivity contribution in [3.05, 3.63) is 0 Å². The molecular formula is C68H132O6. The van der Waals surface area contributed by atoms with E-state index in [1.54, 1.807) is 0 Å². The topological polar surface area (TPSA) is 78.9 Å². The van der Waals surface area contributed by atoms with Crippen LogP contribution in [0.4, 0.5) is 0 Å². The van der Waals surface area contributed by atoms with E-state index >= 15 is 0 Å². The van der Waals surface area contributed by atoms with E-state index in [1.165, 1.54) is 276 Å². The maximum Gasteiger partial charge on any atom is 0.306 e. The molecule has 1 atom stereocenters. The van der Waals surface area contributed by atoms with Gasteiger partial charge in [-0.1, -0.05) is 349 Å². The van der Waals surface area contributed by atoms with Gasteiger partial charge in [-0.15, -0.1) is 0 Å². The minimum Gasteiger partial charge on any atom is -0.462 e. The smallest absolute Gasteiger partial charge is 0.306 e. The highest BCUT2D eigenvalue weighted by atomic mass is 16.6. The highest BCUT2D eigenvalue weighted by Crippen LogP contribution is 2.19. The Bertz CT molecular complexity index is 1140. The number of hydrogen-bond donors (Lipinski definition) is 0. The molecule has 0 aliphatic rings. The first-order valence-corrected chi connectivity index (χ1v) is 33.7. The van der Waals surface area contributed by atoms with Crippen LogP contribution in [0.3, 0.4) is 0 Å². The maximum atomic E-state index is 12.9. The zero-order chi connectivity index (χ0) is 53.9. The first-order valence-electron chi connectivity index (χ1n) is 33.7. The summed E-state index contributed by atoms with van der Waals surface area (Å²) in [7, 11) is 0. The van der Waals surface area contributed by atoms with Gasteiger partial charge in [-0.3, -0.25) is 14.4 Å². The van der Waals surface area contributed by atoms with E-state index in [2.05, 4.69) is 34.6 Å². The summed E-state index contributed by atoms with van der Waals surface area (Å²) >= 11 is 0. The lowest BCUT2D eigenvalue weighted by molar-refractivity contribution is -0.167. The van der Waals surface area contributed by atoms with Crippen molar-refractivity contribution in [3.8, 4) is 0 Å². The van der Waals surface area contributed by atoms with Gasteiger partial charge >= 0.3 is 17.9 Å². The Balaban J connectivity index is 4.27. The first-order chi connectivity index (χ1) is 36.2. The molecule has 0 heterocycles. The van der Waals surface area contributed by atoms with Crippen LogP contribution in [0.2, 0.25) is 0 Å². The Kier molecular flexibility index (Phi) is 59.3. The average Bonchev–Trinajstić information content (AvgIpc) is 3.38. The van der Waals surface area contributed by atoms with Crippen LogP contribution < -0.4 is 0 Å². The van der Waals surface area contributed by atoms with Gasteiger partial charge in [0.15, 0.2) is 6.10 Å². The van der Waals surface area contributed by atoms with Crippen LogP contribution in [0.25, 0.3) is 0 Å². The predicted molar refractivity (Wildman–Crippen MR) is 321 cm³/mol. The van der Waals surface area contributed by atoms with Crippen LogP contribution in [-0.4, -0.2) is 37.2 Å². The molecular weight excluding hydrogens is 913 g/mol. The number of carbonyl (C=O) groups excluding carboxylic acids is 3. The van der Waals surface area contributed by atoms with E-state index in [0.717, 1.165) is 69.6 Å². The van der Waals surface area contributed by atoms with Crippen LogP contribution in [0.15, 0.2) is 0 Å². The molecule has 0 fully saturated rings. The Morgan fingerprint density at radius 2 is 0.446 bits per heavy atom. The third kappa shape index (κ3) is 61.3. The molecule has 0 radical (unpaired) electrons. The second-order valence-corrected chi connectivity index (χ2v) is 24.4. The fourth-order valence-electron chi connectivity index (χ4n) is 10.6. The van der Waals surface area contributed by atoms with Crippen molar-refractivity contribution in [2.24, 2.45) is 11.8 Å². The zero-order valence-corrected chi connectivity index (χ0v) is 51.0. The van der Waals surface area contributed by atoms with Gasteiger partial charge in [0.05, 0.1) is 0 Å².